The van der Waals surface area contributed by atoms with Gasteiger partial charge in [-0.15, -0.1) is 0 Å². The fourth-order valence-electron chi connectivity index (χ4n) is 4.55. The third kappa shape index (κ3) is 3.60. The highest BCUT2D eigenvalue weighted by molar-refractivity contribution is 5.98. The summed E-state index contributed by atoms with van der Waals surface area (Å²) in [5.41, 5.74) is 5.61. The molecule has 0 aliphatic carbocycles. The maximum absolute atomic E-state index is 13.0. The summed E-state index contributed by atoms with van der Waals surface area (Å²) in [5.74, 6) is 0.859. The molecule has 1 unspecified atom stereocenters. The summed E-state index contributed by atoms with van der Waals surface area (Å²) in [6, 6.07) is 23.4. The monoisotopic (exact) mass is 423 g/mol. The first-order valence-electron chi connectivity index (χ1n) is 10.9. The van der Waals surface area contributed by atoms with Crippen LogP contribution in [0, 0.1) is 13.8 Å². The topological polar surface area (TPSA) is 55.2 Å². The number of anilines is 1. The Morgan fingerprint density at radius 3 is 2.56 bits per heavy atom. The molecule has 2 heterocycles. The zero-order chi connectivity index (χ0) is 22.2. The first-order chi connectivity index (χ1) is 15.5. The number of aromatic nitrogens is 2. The van der Waals surface area contributed by atoms with Crippen LogP contribution in [0.5, 0.6) is 0 Å². The molecule has 1 saturated heterocycles. The molecule has 160 valence electrons. The first kappa shape index (κ1) is 20.2. The van der Waals surface area contributed by atoms with E-state index in [0.29, 0.717) is 18.5 Å². The molecule has 0 radical (unpaired) electrons. The minimum Gasteiger partial charge on any atom is -0.320 e. The molecule has 0 N–H and O–H groups in total. The lowest BCUT2D eigenvalue weighted by Crippen LogP contribution is -2.25. The van der Waals surface area contributed by atoms with Crippen LogP contribution in [0.2, 0.25) is 0 Å². The molecule has 1 amide bonds. The van der Waals surface area contributed by atoms with E-state index in [9.17, 15) is 9.59 Å². The van der Waals surface area contributed by atoms with Crippen molar-refractivity contribution in [2.75, 3.05) is 11.4 Å². The summed E-state index contributed by atoms with van der Waals surface area (Å²) < 4.78 is 2.00. The van der Waals surface area contributed by atoms with E-state index >= 15 is 0 Å². The molecule has 1 fully saturated rings. The van der Waals surface area contributed by atoms with Crippen molar-refractivity contribution in [2.45, 2.75) is 32.7 Å². The predicted octanol–water partition coefficient (Wildman–Crippen LogP) is 5.06. The molecule has 32 heavy (non-hydrogen) atoms. The number of aryl methyl sites for hydroxylation is 2. The minimum absolute atomic E-state index is 0.0331. The van der Waals surface area contributed by atoms with Crippen molar-refractivity contribution in [3.63, 3.8) is 0 Å². The Morgan fingerprint density at radius 2 is 1.75 bits per heavy atom. The van der Waals surface area contributed by atoms with Gasteiger partial charge in [-0.25, -0.2) is 4.98 Å². The molecule has 0 bridgehead atoms. The van der Waals surface area contributed by atoms with Crippen LogP contribution >= 0.6 is 0 Å². The Labute approximate surface area is 187 Å². The lowest BCUT2D eigenvalue weighted by Gasteiger charge is -2.20. The first-order valence-corrected chi connectivity index (χ1v) is 10.9. The molecule has 5 rings (SSSR count). The Balaban J connectivity index is 1.52. The molecule has 1 atom stereocenters. The van der Waals surface area contributed by atoms with Gasteiger partial charge in [-0.3, -0.25) is 9.59 Å². The number of benzene rings is 3. The lowest BCUT2D eigenvalue weighted by molar-refractivity contribution is -0.117. The van der Waals surface area contributed by atoms with Gasteiger partial charge in [-0.2, -0.15) is 0 Å². The number of Topliss-reactive ketones (excluding diaryl/α,β-unsaturated/α-hetero) is 1. The third-order valence-electron chi connectivity index (χ3n) is 6.23. The van der Waals surface area contributed by atoms with Gasteiger partial charge in [-0.05, 0) is 43.2 Å². The minimum atomic E-state index is -0.0709. The van der Waals surface area contributed by atoms with E-state index in [2.05, 4.69) is 18.2 Å². The van der Waals surface area contributed by atoms with Crippen molar-refractivity contribution in [3.8, 4) is 0 Å². The average Bonchev–Trinajstić information content (AvgIpc) is 3.36. The van der Waals surface area contributed by atoms with Gasteiger partial charge in [-0.1, -0.05) is 54.6 Å². The molecule has 0 saturated carbocycles. The van der Waals surface area contributed by atoms with E-state index in [1.807, 2.05) is 77.9 Å². The Bertz CT molecular complexity index is 1320. The summed E-state index contributed by atoms with van der Waals surface area (Å²) in [7, 11) is 0. The van der Waals surface area contributed by atoms with Gasteiger partial charge < -0.3 is 9.47 Å². The zero-order valence-electron chi connectivity index (χ0n) is 18.3. The van der Waals surface area contributed by atoms with Crippen LogP contribution in [0.4, 0.5) is 5.69 Å². The van der Waals surface area contributed by atoms with Crippen LogP contribution in [0.3, 0.4) is 0 Å². The molecule has 1 aromatic heterocycles. The van der Waals surface area contributed by atoms with E-state index < -0.39 is 0 Å². The number of ketones is 1. The number of hydrogen-bond donors (Lipinski definition) is 0. The number of carbonyl (C=O) groups excluding carboxylic acids is 2. The van der Waals surface area contributed by atoms with Gasteiger partial charge in [0.15, 0.2) is 5.78 Å². The van der Waals surface area contributed by atoms with Crippen molar-refractivity contribution in [3.05, 3.63) is 95.3 Å². The number of para-hydroxylation sites is 2. The summed E-state index contributed by atoms with van der Waals surface area (Å²) in [6.07, 6.45) is 0.385. The molecule has 1 aliphatic heterocycles. The van der Waals surface area contributed by atoms with E-state index in [1.165, 1.54) is 0 Å². The van der Waals surface area contributed by atoms with Gasteiger partial charge >= 0.3 is 0 Å². The van der Waals surface area contributed by atoms with Gasteiger partial charge in [0.2, 0.25) is 5.91 Å². The number of fused-ring (bicyclic) bond motifs is 1. The fraction of sp³-hybridized carbons (Fsp3) is 0.222. The molecule has 1 aliphatic rings. The van der Waals surface area contributed by atoms with E-state index in [-0.39, 0.29) is 24.2 Å². The van der Waals surface area contributed by atoms with E-state index in [1.54, 1.807) is 0 Å². The van der Waals surface area contributed by atoms with Gasteiger partial charge in [0.1, 0.15) is 5.82 Å². The standard InChI is InChI=1S/C27H25N3O2/c1-18-12-13-19(2)24(14-18)29-16-21(15-26(29)32)27-28-22-10-6-7-11-23(22)30(27)17-25(31)20-8-4-3-5-9-20/h3-14,21H,15-17H2,1-2H3. The van der Waals surface area contributed by atoms with Crippen molar-refractivity contribution in [2.24, 2.45) is 0 Å². The summed E-state index contributed by atoms with van der Waals surface area (Å²) in [4.78, 5) is 32.8. The fourth-order valence-corrected chi connectivity index (χ4v) is 4.55. The van der Waals surface area contributed by atoms with Crippen LogP contribution in [0.15, 0.2) is 72.8 Å². The number of rotatable bonds is 5. The Kier molecular flexibility index (Phi) is 5.10. The maximum Gasteiger partial charge on any atom is 0.227 e. The summed E-state index contributed by atoms with van der Waals surface area (Å²) >= 11 is 0. The lowest BCUT2D eigenvalue weighted by atomic mass is 10.1. The van der Waals surface area contributed by atoms with E-state index in [0.717, 1.165) is 33.7 Å². The third-order valence-corrected chi connectivity index (χ3v) is 6.23. The van der Waals surface area contributed by atoms with Gasteiger partial charge in [0, 0.05) is 30.1 Å². The Morgan fingerprint density at radius 1 is 1.00 bits per heavy atom. The maximum atomic E-state index is 13.0. The van der Waals surface area contributed by atoms with Gasteiger partial charge in [0.05, 0.1) is 17.6 Å². The zero-order valence-corrected chi connectivity index (χ0v) is 18.3. The molecular weight excluding hydrogens is 398 g/mol. The van der Waals surface area contributed by atoms with Crippen molar-refractivity contribution in [1.29, 1.82) is 0 Å². The highest BCUT2D eigenvalue weighted by Crippen LogP contribution is 2.35. The largest absolute Gasteiger partial charge is 0.320 e. The van der Waals surface area contributed by atoms with Crippen molar-refractivity contribution < 1.29 is 9.59 Å². The van der Waals surface area contributed by atoms with Crippen LogP contribution in [-0.2, 0) is 11.3 Å². The van der Waals surface area contributed by atoms with Gasteiger partial charge in [0.25, 0.3) is 0 Å². The van der Waals surface area contributed by atoms with Crippen molar-refractivity contribution in [1.82, 2.24) is 9.55 Å². The quantitative estimate of drug-likeness (QED) is 0.422. The van der Waals surface area contributed by atoms with Crippen molar-refractivity contribution >= 4 is 28.4 Å². The second-order valence-electron chi connectivity index (χ2n) is 8.53. The highest BCUT2D eigenvalue weighted by atomic mass is 16.2. The normalized spacial score (nSPS) is 16.1. The van der Waals surface area contributed by atoms with Crippen LogP contribution < -0.4 is 4.90 Å². The second kappa shape index (κ2) is 8.08. The number of nitrogens with zero attached hydrogens (tertiary/aromatic N) is 3. The SMILES string of the molecule is Cc1ccc(C)c(N2CC(c3nc4ccccc4n3CC(=O)c3ccccc3)CC2=O)c1. The molecule has 3 aromatic carbocycles. The number of imidazole rings is 1. The smallest absolute Gasteiger partial charge is 0.227 e. The molecular formula is C27H25N3O2. The molecule has 4 aromatic rings. The van der Waals surface area contributed by atoms with Crippen LogP contribution in [0.25, 0.3) is 11.0 Å². The highest BCUT2D eigenvalue weighted by Gasteiger charge is 2.35. The summed E-state index contributed by atoms with van der Waals surface area (Å²) in [5, 5.41) is 0. The second-order valence-corrected chi connectivity index (χ2v) is 8.53. The number of amides is 1. The molecule has 0 spiro atoms. The molecule has 5 nitrogen and oxygen atoms in total. The average molecular weight is 424 g/mol. The predicted molar refractivity (Wildman–Crippen MR) is 126 cm³/mol. The molecule has 5 heteroatoms. The van der Waals surface area contributed by atoms with E-state index in [4.69, 9.17) is 4.98 Å². The summed E-state index contributed by atoms with van der Waals surface area (Å²) in [6.45, 7) is 4.83. The Hall–Kier alpha value is -3.73. The number of hydrogen-bond acceptors (Lipinski definition) is 3. The van der Waals surface area contributed by atoms with Crippen LogP contribution in [-0.4, -0.2) is 27.8 Å². The van der Waals surface area contributed by atoms with Crippen LogP contribution in [0.1, 0.15) is 39.6 Å². The number of carbonyl (C=O) groups is 2.